The Balaban J connectivity index is 2.16. The molecule has 0 spiro atoms. The topological polar surface area (TPSA) is 119 Å². The average molecular weight is 352 g/mol. The molecule has 1 fully saturated rings. The van der Waals surface area contributed by atoms with Gasteiger partial charge in [0.15, 0.2) is 0 Å². The molecule has 1 saturated heterocycles. The normalized spacial score (nSPS) is 15.0. The number of anilines is 1. The minimum atomic E-state index is -0.765. The minimum absolute atomic E-state index is 0.183. The quantitative estimate of drug-likeness (QED) is 0.605. The highest BCUT2D eigenvalue weighted by Crippen LogP contribution is 2.37. The molecule has 10 nitrogen and oxygen atoms in total. The van der Waals surface area contributed by atoms with Gasteiger partial charge < -0.3 is 14.5 Å². The fourth-order valence-electron chi connectivity index (χ4n) is 2.57. The first-order valence-electron chi connectivity index (χ1n) is 7.75. The summed E-state index contributed by atoms with van der Waals surface area (Å²) in [6, 6.07) is 4.01. The van der Waals surface area contributed by atoms with Crippen LogP contribution in [0.1, 0.15) is 20.8 Å². The van der Waals surface area contributed by atoms with Gasteiger partial charge in [-0.25, -0.2) is 4.79 Å². The molecule has 1 aromatic carbocycles. The molecule has 0 N–H and O–H groups in total. The third kappa shape index (κ3) is 4.34. The monoisotopic (exact) mass is 352 g/mol. The molecule has 1 heterocycles. The number of nitro groups is 2. The zero-order chi connectivity index (χ0) is 18.8. The number of benzene rings is 1. The lowest BCUT2D eigenvalue weighted by Crippen LogP contribution is -2.50. The molecule has 0 aliphatic carbocycles. The molecule has 10 heteroatoms. The molecule has 0 radical (unpaired) electrons. The fourth-order valence-corrected chi connectivity index (χ4v) is 2.57. The molecular weight excluding hydrogens is 332 g/mol. The van der Waals surface area contributed by atoms with Crippen LogP contribution in [0, 0.1) is 20.2 Å². The van der Waals surface area contributed by atoms with E-state index in [2.05, 4.69) is 0 Å². The van der Waals surface area contributed by atoms with Crippen molar-refractivity contribution >= 4 is 23.2 Å². The van der Waals surface area contributed by atoms with Gasteiger partial charge in [-0.2, -0.15) is 0 Å². The van der Waals surface area contributed by atoms with Crippen LogP contribution in [0.2, 0.25) is 0 Å². The van der Waals surface area contributed by atoms with Gasteiger partial charge in [0.25, 0.3) is 0 Å². The van der Waals surface area contributed by atoms with Crippen molar-refractivity contribution in [2.75, 3.05) is 31.1 Å². The van der Waals surface area contributed by atoms with E-state index in [0.29, 0.717) is 26.2 Å². The summed E-state index contributed by atoms with van der Waals surface area (Å²) in [5, 5.41) is 22.4. The Labute approximate surface area is 144 Å². The number of hydrogen-bond acceptors (Lipinski definition) is 7. The molecule has 0 atom stereocenters. The van der Waals surface area contributed by atoms with Crippen molar-refractivity contribution < 1.29 is 19.4 Å². The number of amides is 1. The highest BCUT2D eigenvalue weighted by atomic mass is 16.6. The maximum Gasteiger partial charge on any atom is 0.410 e. The summed E-state index contributed by atoms with van der Waals surface area (Å²) < 4.78 is 5.30. The first-order chi connectivity index (χ1) is 11.6. The predicted molar refractivity (Wildman–Crippen MR) is 89.8 cm³/mol. The molecule has 2 rings (SSSR count). The van der Waals surface area contributed by atoms with Crippen molar-refractivity contribution in [3.63, 3.8) is 0 Å². The maximum absolute atomic E-state index is 12.1. The number of piperazine rings is 1. The van der Waals surface area contributed by atoms with E-state index in [1.165, 1.54) is 17.0 Å². The Morgan fingerprint density at radius 2 is 1.68 bits per heavy atom. The smallest absolute Gasteiger partial charge is 0.410 e. The van der Waals surface area contributed by atoms with Gasteiger partial charge in [0, 0.05) is 32.2 Å². The minimum Gasteiger partial charge on any atom is -0.444 e. The van der Waals surface area contributed by atoms with E-state index in [9.17, 15) is 25.0 Å². The number of ether oxygens (including phenoxy) is 1. The van der Waals surface area contributed by atoms with Crippen LogP contribution in [0.5, 0.6) is 0 Å². The van der Waals surface area contributed by atoms with Crippen LogP contribution in [0.3, 0.4) is 0 Å². The zero-order valence-corrected chi connectivity index (χ0v) is 14.3. The summed E-state index contributed by atoms with van der Waals surface area (Å²) in [5.74, 6) is 0. The van der Waals surface area contributed by atoms with E-state index in [1.807, 2.05) is 0 Å². The molecular formula is C15H20N4O6. The molecule has 1 aliphatic rings. The average Bonchev–Trinajstić information content (AvgIpc) is 2.52. The van der Waals surface area contributed by atoms with Gasteiger partial charge in [-0.15, -0.1) is 0 Å². The van der Waals surface area contributed by atoms with Crippen LogP contribution < -0.4 is 4.90 Å². The predicted octanol–water partition coefficient (Wildman–Crippen LogP) is 2.56. The van der Waals surface area contributed by atoms with E-state index in [0.717, 1.165) is 6.07 Å². The Bertz CT molecular complexity index is 692. The maximum atomic E-state index is 12.1. The van der Waals surface area contributed by atoms with Crippen LogP contribution in [0.15, 0.2) is 18.2 Å². The lowest BCUT2D eigenvalue weighted by Gasteiger charge is -2.36. The lowest BCUT2D eigenvalue weighted by atomic mass is 10.2. The number of nitro benzene ring substituents is 2. The summed E-state index contributed by atoms with van der Waals surface area (Å²) in [4.78, 5) is 36.1. The second-order valence-electron chi connectivity index (χ2n) is 6.61. The molecule has 0 saturated carbocycles. The third-order valence-corrected chi connectivity index (χ3v) is 3.64. The summed E-state index contributed by atoms with van der Waals surface area (Å²) in [6.07, 6.45) is -0.444. The number of para-hydroxylation sites is 1. The number of carbonyl (C=O) groups is 1. The zero-order valence-electron chi connectivity index (χ0n) is 14.3. The van der Waals surface area contributed by atoms with Gasteiger partial charge in [-0.3, -0.25) is 20.2 Å². The van der Waals surface area contributed by atoms with Crippen molar-refractivity contribution in [3.05, 3.63) is 38.4 Å². The molecule has 0 aromatic heterocycles. The summed E-state index contributed by atoms with van der Waals surface area (Å²) >= 11 is 0. The highest BCUT2D eigenvalue weighted by molar-refractivity contribution is 5.73. The van der Waals surface area contributed by atoms with Gasteiger partial charge in [-0.1, -0.05) is 6.07 Å². The van der Waals surface area contributed by atoms with Crippen molar-refractivity contribution in [1.82, 2.24) is 4.90 Å². The first kappa shape index (κ1) is 18.4. The van der Waals surface area contributed by atoms with Gasteiger partial charge in [0.05, 0.1) is 9.85 Å². The number of carbonyl (C=O) groups excluding carboxylic acids is 1. The van der Waals surface area contributed by atoms with Gasteiger partial charge in [-0.05, 0) is 26.8 Å². The summed E-state index contributed by atoms with van der Waals surface area (Å²) in [7, 11) is 0. The van der Waals surface area contributed by atoms with Gasteiger partial charge in [0.1, 0.15) is 11.3 Å². The van der Waals surface area contributed by atoms with Crippen molar-refractivity contribution in [3.8, 4) is 0 Å². The van der Waals surface area contributed by atoms with E-state index in [4.69, 9.17) is 4.74 Å². The van der Waals surface area contributed by atoms with E-state index >= 15 is 0 Å². The van der Waals surface area contributed by atoms with Crippen LogP contribution in [0.25, 0.3) is 0 Å². The molecule has 0 unspecified atom stereocenters. The van der Waals surface area contributed by atoms with Crippen molar-refractivity contribution in [2.45, 2.75) is 26.4 Å². The SMILES string of the molecule is CC(C)(C)OC(=O)N1CCN(c2cccc([N+](=O)[O-])c2[N+](=O)[O-])CC1. The third-order valence-electron chi connectivity index (χ3n) is 3.64. The van der Waals surface area contributed by atoms with Crippen molar-refractivity contribution in [1.29, 1.82) is 0 Å². The number of hydrogen-bond donors (Lipinski definition) is 0. The number of rotatable bonds is 3. The molecule has 1 aromatic rings. The highest BCUT2D eigenvalue weighted by Gasteiger charge is 2.33. The van der Waals surface area contributed by atoms with Crippen LogP contribution >= 0.6 is 0 Å². The Hall–Kier alpha value is -2.91. The van der Waals surface area contributed by atoms with Crippen LogP contribution in [-0.2, 0) is 4.74 Å². The van der Waals surface area contributed by atoms with E-state index < -0.39 is 32.9 Å². The molecule has 0 bridgehead atoms. The summed E-state index contributed by atoms with van der Waals surface area (Å²) in [6.45, 7) is 6.58. The summed E-state index contributed by atoms with van der Waals surface area (Å²) in [5.41, 5.74) is -1.49. The second-order valence-corrected chi connectivity index (χ2v) is 6.61. The lowest BCUT2D eigenvalue weighted by molar-refractivity contribution is -0.422. The van der Waals surface area contributed by atoms with Crippen molar-refractivity contribution in [2.24, 2.45) is 0 Å². The van der Waals surface area contributed by atoms with E-state index in [-0.39, 0.29) is 5.69 Å². The largest absolute Gasteiger partial charge is 0.444 e. The van der Waals surface area contributed by atoms with E-state index in [1.54, 1.807) is 25.7 Å². The Morgan fingerprint density at radius 1 is 1.08 bits per heavy atom. The number of nitrogens with zero attached hydrogens (tertiary/aromatic N) is 4. The Kier molecular flexibility index (Phi) is 5.10. The molecule has 25 heavy (non-hydrogen) atoms. The first-order valence-corrected chi connectivity index (χ1v) is 7.75. The fraction of sp³-hybridized carbons (Fsp3) is 0.533. The standard InChI is InChI=1S/C15H20N4O6/c1-15(2,3)25-14(20)17-9-7-16(8-10-17)11-5-4-6-12(18(21)22)13(11)19(23)24/h4-6H,7-10H2,1-3H3. The van der Waals surface area contributed by atoms with Crippen LogP contribution in [0.4, 0.5) is 21.9 Å². The molecule has 1 amide bonds. The molecule has 136 valence electrons. The van der Waals surface area contributed by atoms with Gasteiger partial charge >= 0.3 is 17.5 Å². The Morgan fingerprint density at radius 3 is 2.16 bits per heavy atom. The van der Waals surface area contributed by atoms with Crippen LogP contribution in [-0.4, -0.2) is 52.6 Å². The molecule has 1 aliphatic heterocycles. The second kappa shape index (κ2) is 6.91. The van der Waals surface area contributed by atoms with Gasteiger partial charge in [0.2, 0.25) is 0 Å².